The Bertz CT molecular complexity index is 396. The van der Waals surface area contributed by atoms with Gasteiger partial charge in [0.2, 0.25) is 0 Å². The molecule has 1 heteroatoms. The van der Waals surface area contributed by atoms with Gasteiger partial charge in [-0.2, -0.15) is 0 Å². The quantitative estimate of drug-likeness (QED) is 0.690. The molecule has 0 amide bonds. The predicted molar refractivity (Wildman–Crippen MR) is 77.8 cm³/mol. The molecule has 0 saturated heterocycles. The van der Waals surface area contributed by atoms with E-state index in [2.05, 4.69) is 0 Å². The first kappa shape index (κ1) is 12.4. The first-order valence-corrected chi connectivity index (χ1v) is 8.66. The monoisotopic (exact) mass is 260 g/mol. The molecule has 2 fully saturated rings. The molecule has 0 spiro atoms. The van der Waals surface area contributed by atoms with E-state index >= 15 is 0 Å². The van der Waals surface area contributed by atoms with Crippen molar-refractivity contribution in [3.63, 3.8) is 0 Å². The van der Waals surface area contributed by atoms with Gasteiger partial charge >= 0.3 is 0 Å². The highest BCUT2D eigenvalue weighted by Gasteiger charge is 2.52. The third-order valence-corrected chi connectivity index (χ3v) is 7.13. The summed E-state index contributed by atoms with van der Waals surface area (Å²) >= 11 is 0. The van der Waals surface area contributed by atoms with E-state index in [9.17, 15) is 5.11 Å². The SMILES string of the molecule is OC[C@@]12CCC[C@H]1[C@@H]1CCC3=C(CCCC3)[C@H]1CC2. The molecule has 106 valence electrons. The van der Waals surface area contributed by atoms with Crippen LogP contribution in [-0.4, -0.2) is 11.7 Å². The highest BCUT2D eigenvalue weighted by atomic mass is 16.3. The van der Waals surface area contributed by atoms with Crippen molar-refractivity contribution < 1.29 is 5.11 Å². The van der Waals surface area contributed by atoms with Crippen molar-refractivity contribution >= 4 is 0 Å². The Morgan fingerprint density at radius 3 is 2.74 bits per heavy atom. The van der Waals surface area contributed by atoms with E-state index in [-0.39, 0.29) is 0 Å². The molecule has 0 aromatic rings. The molecule has 0 aromatic carbocycles. The van der Waals surface area contributed by atoms with Crippen molar-refractivity contribution in [2.75, 3.05) is 6.61 Å². The van der Waals surface area contributed by atoms with Crippen molar-refractivity contribution in [2.24, 2.45) is 23.2 Å². The van der Waals surface area contributed by atoms with Gasteiger partial charge in [0.15, 0.2) is 0 Å². The van der Waals surface area contributed by atoms with Crippen LogP contribution >= 0.6 is 0 Å². The lowest BCUT2D eigenvalue weighted by molar-refractivity contribution is -0.0152. The van der Waals surface area contributed by atoms with E-state index in [1.165, 1.54) is 70.6 Å². The summed E-state index contributed by atoms with van der Waals surface area (Å²) in [6.07, 6.45) is 15.3. The van der Waals surface area contributed by atoms with E-state index in [0.29, 0.717) is 12.0 Å². The van der Waals surface area contributed by atoms with E-state index < -0.39 is 0 Å². The van der Waals surface area contributed by atoms with E-state index in [0.717, 1.165) is 17.8 Å². The zero-order valence-corrected chi connectivity index (χ0v) is 12.2. The second kappa shape index (κ2) is 4.62. The van der Waals surface area contributed by atoms with Crippen molar-refractivity contribution in [3.8, 4) is 0 Å². The van der Waals surface area contributed by atoms with Crippen molar-refractivity contribution in [2.45, 2.75) is 70.6 Å². The molecule has 0 aromatic heterocycles. The lowest BCUT2D eigenvalue weighted by atomic mass is 9.54. The smallest absolute Gasteiger partial charge is 0.0490 e. The third kappa shape index (κ3) is 1.77. The fourth-order valence-electron chi connectivity index (χ4n) is 6.26. The normalized spacial score (nSPS) is 45.6. The minimum absolute atomic E-state index is 0.341. The largest absolute Gasteiger partial charge is 0.396 e. The summed E-state index contributed by atoms with van der Waals surface area (Å²) in [4.78, 5) is 0. The summed E-state index contributed by atoms with van der Waals surface area (Å²) < 4.78 is 0. The van der Waals surface area contributed by atoms with Crippen LogP contribution in [0.25, 0.3) is 0 Å². The van der Waals surface area contributed by atoms with Gasteiger partial charge in [0.25, 0.3) is 0 Å². The summed E-state index contributed by atoms with van der Waals surface area (Å²) in [6, 6.07) is 0. The number of rotatable bonds is 1. The summed E-state index contributed by atoms with van der Waals surface area (Å²) in [7, 11) is 0. The number of aliphatic hydroxyl groups is 1. The standard InChI is InChI=1S/C18H28O/c19-12-18-10-3-6-17(18)16-8-7-13-4-1-2-5-14(13)15(16)9-11-18/h15-17,19H,1-12H2/t15-,16-,17+,18+/m1/s1. The number of fused-ring (bicyclic) bond motifs is 4. The average molecular weight is 260 g/mol. The summed E-state index contributed by atoms with van der Waals surface area (Å²) in [5.74, 6) is 2.71. The fourth-order valence-corrected chi connectivity index (χ4v) is 6.26. The van der Waals surface area contributed by atoms with Gasteiger partial charge in [-0.1, -0.05) is 17.6 Å². The van der Waals surface area contributed by atoms with Crippen LogP contribution in [0.1, 0.15) is 70.6 Å². The minimum atomic E-state index is 0.341. The molecule has 1 N–H and O–H groups in total. The fraction of sp³-hybridized carbons (Fsp3) is 0.889. The summed E-state index contributed by atoms with van der Waals surface area (Å²) in [6.45, 7) is 0.465. The molecular weight excluding hydrogens is 232 g/mol. The molecule has 19 heavy (non-hydrogen) atoms. The Kier molecular flexibility index (Phi) is 3.02. The molecule has 0 radical (unpaired) electrons. The molecule has 4 aliphatic rings. The first-order valence-electron chi connectivity index (χ1n) is 8.66. The Morgan fingerprint density at radius 2 is 1.84 bits per heavy atom. The molecule has 0 bridgehead atoms. The van der Waals surface area contributed by atoms with Crippen molar-refractivity contribution in [1.29, 1.82) is 0 Å². The maximum atomic E-state index is 9.96. The maximum Gasteiger partial charge on any atom is 0.0490 e. The molecule has 1 nitrogen and oxygen atoms in total. The van der Waals surface area contributed by atoms with E-state index in [4.69, 9.17) is 0 Å². The van der Waals surface area contributed by atoms with Gasteiger partial charge in [0.1, 0.15) is 0 Å². The van der Waals surface area contributed by atoms with Crippen molar-refractivity contribution in [3.05, 3.63) is 11.1 Å². The van der Waals surface area contributed by atoms with Gasteiger partial charge in [-0.15, -0.1) is 0 Å². The number of aliphatic hydroxyl groups excluding tert-OH is 1. The number of hydrogen-bond donors (Lipinski definition) is 1. The van der Waals surface area contributed by atoms with Crippen LogP contribution in [0, 0.1) is 23.2 Å². The van der Waals surface area contributed by atoms with Crippen LogP contribution in [0.3, 0.4) is 0 Å². The Hall–Kier alpha value is -0.300. The first-order chi connectivity index (χ1) is 9.34. The zero-order chi connectivity index (χ0) is 12.9. The molecule has 2 saturated carbocycles. The van der Waals surface area contributed by atoms with Crippen LogP contribution in [-0.2, 0) is 0 Å². The molecule has 4 atom stereocenters. The third-order valence-electron chi connectivity index (χ3n) is 7.13. The predicted octanol–water partition coefficient (Wildman–Crippen LogP) is 4.46. The molecule has 4 rings (SSSR count). The van der Waals surface area contributed by atoms with E-state index in [1.54, 1.807) is 0 Å². The van der Waals surface area contributed by atoms with Crippen LogP contribution in [0.4, 0.5) is 0 Å². The topological polar surface area (TPSA) is 20.2 Å². The van der Waals surface area contributed by atoms with Gasteiger partial charge in [-0.05, 0) is 87.4 Å². The van der Waals surface area contributed by atoms with Crippen molar-refractivity contribution in [1.82, 2.24) is 0 Å². The minimum Gasteiger partial charge on any atom is -0.396 e. The van der Waals surface area contributed by atoms with Crippen LogP contribution < -0.4 is 0 Å². The van der Waals surface area contributed by atoms with Gasteiger partial charge < -0.3 is 5.11 Å². The second-order valence-corrected chi connectivity index (χ2v) is 7.70. The highest BCUT2D eigenvalue weighted by molar-refractivity contribution is 5.26. The lowest BCUT2D eigenvalue weighted by Gasteiger charge is -2.51. The molecule has 4 aliphatic carbocycles. The maximum absolute atomic E-state index is 9.96. The van der Waals surface area contributed by atoms with Crippen LogP contribution in [0.2, 0.25) is 0 Å². The van der Waals surface area contributed by atoms with Gasteiger partial charge in [-0.25, -0.2) is 0 Å². The van der Waals surface area contributed by atoms with E-state index in [1.807, 2.05) is 11.1 Å². The number of hydrogen-bond acceptors (Lipinski definition) is 1. The molecule has 0 unspecified atom stereocenters. The van der Waals surface area contributed by atoms with Gasteiger partial charge in [0, 0.05) is 6.61 Å². The Morgan fingerprint density at radius 1 is 0.947 bits per heavy atom. The Balaban J connectivity index is 1.65. The molecule has 0 aliphatic heterocycles. The van der Waals surface area contributed by atoms with Crippen LogP contribution in [0.15, 0.2) is 11.1 Å². The molecular formula is C18H28O. The zero-order valence-electron chi connectivity index (χ0n) is 12.2. The summed E-state index contributed by atoms with van der Waals surface area (Å²) in [5, 5.41) is 9.96. The highest BCUT2D eigenvalue weighted by Crippen LogP contribution is 2.61. The van der Waals surface area contributed by atoms with Crippen LogP contribution in [0.5, 0.6) is 0 Å². The second-order valence-electron chi connectivity index (χ2n) is 7.70. The summed E-state index contributed by atoms with van der Waals surface area (Å²) in [5.41, 5.74) is 4.11. The Labute approximate surface area is 117 Å². The molecule has 0 heterocycles. The average Bonchev–Trinajstić information content (AvgIpc) is 2.91. The number of allylic oxidation sites excluding steroid dienone is 2. The van der Waals surface area contributed by atoms with Gasteiger partial charge in [0.05, 0.1) is 0 Å². The van der Waals surface area contributed by atoms with Gasteiger partial charge in [-0.3, -0.25) is 0 Å². The lowest BCUT2D eigenvalue weighted by Crippen LogP contribution is -2.44.